The molecule has 1 saturated heterocycles. The second kappa shape index (κ2) is 11.3. The predicted molar refractivity (Wildman–Crippen MR) is 156 cm³/mol. The molecule has 2 aliphatic rings. The van der Waals surface area contributed by atoms with E-state index in [4.69, 9.17) is 14.5 Å². The van der Waals surface area contributed by atoms with Gasteiger partial charge in [-0.15, -0.1) is 0 Å². The Balaban J connectivity index is 1.17. The van der Waals surface area contributed by atoms with Crippen LogP contribution in [0.4, 0.5) is 0 Å². The molecular weight excluding hydrogens is 507 g/mol. The summed E-state index contributed by atoms with van der Waals surface area (Å²) in [6.45, 7) is 5.80. The van der Waals surface area contributed by atoms with Gasteiger partial charge in [0, 0.05) is 35.7 Å². The van der Waals surface area contributed by atoms with Crippen LogP contribution in [0.5, 0.6) is 0 Å². The molecule has 6 rings (SSSR count). The van der Waals surface area contributed by atoms with Gasteiger partial charge < -0.3 is 18.9 Å². The van der Waals surface area contributed by atoms with Gasteiger partial charge in [-0.3, -0.25) is 9.65 Å². The lowest BCUT2D eigenvalue weighted by Gasteiger charge is -2.41. The van der Waals surface area contributed by atoms with Crippen molar-refractivity contribution in [2.75, 3.05) is 39.4 Å². The number of aromatic nitrogens is 2. The maximum atomic E-state index is 14.1. The Labute approximate surface area is 229 Å². The van der Waals surface area contributed by atoms with Crippen LogP contribution >= 0.6 is 7.29 Å². The number of morpholine rings is 1. The van der Waals surface area contributed by atoms with Gasteiger partial charge in [-0.2, -0.15) is 0 Å². The molecule has 2 aliphatic heterocycles. The molecule has 4 aromatic rings. The highest BCUT2D eigenvalue weighted by molar-refractivity contribution is 7.68. The van der Waals surface area contributed by atoms with Crippen molar-refractivity contribution in [2.45, 2.75) is 13.0 Å². The van der Waals surface area contributed by atoms with E-state index in [1.54, 1.807) is 11.6 Å². The highest BCUT2D eigenvalue weighted by Crippen LogP contribution is 2.53. The Bertz CT molecular complexity index is 1430. The average Bonchev–Trinajstić information content (AvgIpc) is 3.38. The van der Waals surface area contributed by atoms with Gasteiger partial charge in [-0.25, -0.2) is 4.98 Å². The Morgan fingerprint density at radius 1 is 0.846 bits per heavy atom. The van der Waals surface area contributed by atoms with Crippen molar-refractivity contribution in [2.24, 2.45) is 0 Å². The van der Waals surface area contributed by atoms with Gasteiger partial charge in [0.25, 0.3) is 0 Å². The van der Waals surface area contributed by atoms with Crippen LogP contribution in [0.25, 0.3) is 22.6 Å². The molecular formula is C31H34N4O3P+. The van der Waals surface area contributed by atoms with E-state index in [1.807, 2.05) is 78.9 Å². The highest BCUT2D eigenvalue weighted by Gasteiger charge is 2.32. The molecule has 0 unspecified atom stereocenters. The summed E-state index contributed by atoms with van der Waals surface area (Å²) in [5.41, 5.74) is 3.88. The zero-order chi connectivity index (χ0) is 26.5. The number of ether oxygens (including phenoxy) is 2. The maximum Gasteiger partial charge on any atom is 0.198 e. The summed E-state index contributed by atoms with van der Waals surface area (Å²) in [4.78, 5) is 8.34. The van der Waals surface area contributed by atoms with Crippen LogP contribution in [-0.2, 0) is 20.6 Å². The van der Waals surface area contributed by atoms with Crippen molar-refractivity contribution in [3.63, 3.8) is 0 Å². The third-order valence-corrected chi connectivity index (χ3v) is 9.42. The third-order valence-electron chi connectivity index (χ3n) is 7.47. The Hall–Kier alpha value is -3.48. The van der Waals surface area contributed by atoms with E-state index in [2.05, 4.69) is 16.1 Å². The van der Waals surface area contributed by atoms with E-state index in [9.17, 15) is 4.57 Å². The Morgan fingerprint density at radius 2 is 1.46 bits per heavy atom. The molecule has 2 N–H and O–H groups in total. The van der Waals surface area contributed by atoms with Crippen LogP contribution < -0.4 is 5.09 Å². The number of rotatable bonds is 9. The van der Waals surface area contributed by atoms with Crippen molar-refractivity contribution in [3.05, 3.63) is 114 Å². The minimum absolute atomic E-state index is 0.620. The number of fused-ring (bicyclic) bond motifs is 1. The summed E-state index contributed by atoms with van der Waals surface area (Å²) in [5.74, 6) is 5.78. The van der Waals surface area contributed by atoms with Crippen molar-refractivity contribution in [1.29, 1.82) is 0 Å². The number of quaternary nitrogens is 1. The van der Waals surface area contributed by atoms with Crippen LogP contribution in [-0.4, -0.2) is 53.8 Å². The molecule has 3 heterocycles. The highest BCUT2D eigenvalue weighted by atomic mass is 31.2. The van der Waals surface area contributed by atoms with E-state index in [0.29, 0.717) is 18.1 Å². The van der Waals surface area contributed by atoms with Crippen molar-refractivity contribution >= 4 is 29.8 Å². The van der Waals surface area contributed by atoms with Gasteiger partial charge in [0.15, 0.2) is 13.1 Å². The molecule has 0 atom stereocenters. The molecule has 7 nitrogen and oxygen atoms in total. The number of nitrogens with one attached hydrogen (secondary N) is 2. The van der Waals surface area contributed by atoms with Crippen LogP contribution in [0.1, 0.15) is 23.4 Å². The first-order valence-electron chi connectivity index (χ1n) is 13.6. The molecule has 1 fully saturated rings. The smallest absolute Gasteiger partial charge is 0.198 e. The van der Waals surface area contributed by atoms with Gasteiger partial charge in [0.1, 0.15) is 31.2 Å². The molecule has 0 saturated carbocycles. The predicted octanol–water partition coefficient (Wildman–Crippen LogP) is 6.20. The molecule has 1 aromatic heterocycles. The minimum Gasteiger partial charge on any atom is -0.456 e. The summed E-state index contributed by atoms with van der Waals surface area (Å²) in [6.07, 6.45) is 0.883. The van der Waals surface area contributed by atoms with E-state index in [1.165, 1.54) is 0 Å². The number of benzene rings is 3. The first kappa shape index (κ1) is 25.8. The second-order valence-electron chi connectivity index (χ2n) is 10.3. The summed E-state index contributed by atoms with van der Waals surface area (Å²) in [5, 5.41) is 3.40. The molecule has 0 spiro atoms. The van der Waals surface area contributed by atoms with Gasteiger partial charge in [0.05, 0.1) is 30.8 Å². The quantitative estimate of drug-likeness (QED) is 0.150. The monoisotopic (exact) mass is 541 g/mol. The molecule has 0 aliphatic carbocycles. The van der Waals surface area contributed by atoms with Crippen molar-refractivity contribution in [3.8, 4) is 0 Å². The number of nitrogens with zero attached hydrogens (tertiary/aromatic N) is 2. The lowest BCUT2D eigenvalue weighted by molar-refractivity contribution is -0.948. The molecule has 200 valence electrons. The number of hydrogen-bond acceptors (Lipinski definition) is 4. The third kappa shape index (κ3) is 6.07. The largest absolute Gasteiger partial charge is 0.456 e. The standard InChI is InChI=1S/C31H34N4O3P/c36-39(23-29(25-10-3-1-4-11-25)38-30(24-39)26-12-5-2-6-13-26)32-16-9-17-35(18-20-37-21-19-35)22-31-33-27-14-7-8-15-28(27)34-31/h1-8,10-15,23-24H,9,16-22H2,(H,32,36)(H,33,34)/q+1. The molecule has 39 heavy (non-hydrogen) atoms. The maximum absolute atomic E-state index is 14.1. The van der Waals surface area contributed by atoms with Crippen LogP contribution in [0.3, 0.4) is 0 Å². The fourth-order valence-corrected chi connectivity index (χ4v) is 7.24. The molecule has 8 heteroatoms. The lowest BCUT2D eigenvalue weighted by atomic mass is 10.2. The number of para-hydroxylation sites is 2. The van der Waals surface area contributed by atoms with Crippen LogP contribution in [0, 0.1) is 0 Å². The number of H-pyrrole nitrogens is 1. The van der Waals surface area contributed by atoms with Gasteiger partial charge >= 0.3 is 0 Å². The number of hydrogen-bond donors (Lipinski definition) is 2. The van der Waals surface area contributed by atoms with E-state index < -0.39 is 7.29 Å². The summed E-state index contributed by atoms with van der Waals surface area (Å²) in [6, 6.07) is 27.9. The average molecular weight is 542 g/mol. The number of imidazole rings is 1. The van der Waals surface area contributed by atoms with E-state index in [-0.39, 0.29) is 0 Å². The topological polar surface area (TPSA) is 76.2 Å². The Kier molecular flexibility index (Phi) is 7.49. The zero-order valence-corrected chi connectivity index (χ0v) is 22.9. The minimum atomic E-state index is -2.98. The first-order valence-corrected chi connectivity index (χ1v) is 15.4. The van der Waals surface area contributed by atoms with Crippen LogP contribution in [0.15, 0.2) is 96.6 Å². The fourth-order valence-electron chi connectivity index (χ4n) is 5.38. The van der Waals surface area contributed by atoms with Gasteiger partial charge in [-0.1, -0.05) is 72.8 Å². The molecule has 0 radical (unpaired) electrons. The number of aromatic amines is 1. The lowest BCUT2D eigenvalue weighted by Crippen LogP contribution is -2.55. The fraction of sp³-hybridized carbons (Fsp3) is 0.258. The Morgan fingerprint density at radius 3 is 2.10 bits per heavy atom. The van der Waals surface area contributed by atoms with Crippen molar-refractivity contribution in [1.82, 2.24) is 15.1 Å². The molecule has 0 amide bonds. The summed E-state index contributed by atoms with van der Waals surface area (Å²) >= 11 is 0. The van der Waals surface area contributed by atoms with Crippen molar-refractivity contribution < 1.29 is 18.5 Å². The molecule has 0 bridgehead atoms. The van der Waals surface area contributed by atoms with E-state index >= 15 is 0 Å². The first-order chi connectivity index (χ1) is 19.1. The summed E-state index contributed by atoms with van der Waals surface area (Å²) in [7, 11) is -2.98. The molecule has 3 aromatic carbocycles. The van der Waals surface area contributed by atoms with Gasteiger partial charge in [-0.05, 0) is 12.1 Å². The summed E-state index contributed by atoms with van der Waals surface area (Å²) < 4.78 is 27.0. The zero-order valence-electron chi connectivity index (χ0n) is 22.0. The van der Waals surface area contributed by atoms with Gasteiger partial charge in [0.2, 0.25) is 0 Å². The normalized spacial score (nSPS) is 18.3. The SMILES string of the molecule is O=P1(NCCC[N+]2(Cc3nc4ccccc4[nH]3)CCOCC2)C=C(c2ccccc2)OC(c2ccccc2)=C1. The van der Waals surface area contributed by atoms with E-state index in [0.717, 1.165) is 78.3 Å². The van der Waals surface area contributed by atoms with Crippen LogP contribution in [0.2, 0.25) is 0 Å². The second-order valence-corrected chi connectivity index (χ2v) is 12.5.